The Morgan fingerprint density at radius 1 is 1.33 bits per heavy atom. The van der Waals surface area contributed by atoms with Crippen LogP contribution >= 0.6 is 11.6 Å². The van der Waals surface area contributed by atoms with E-state index in [1.54, 1.807) is 13.1 Å². The second-order valence-corrected chi connectivity index (χ2v) is 8.27. The first-order valence-electron chi connectivity index (χ1n) is 7.09. The zero-order chi connectivity index (χ0) is 15.0. The van der Waals surface area contributed by atoms with Crippen LogP contribution in [0.15, 0.2) is 28.7 Å². The van der Waals surface area contributed by atoms with Crippen molar-refractivity contribution in [3.05, 3.63) is 35.0 Å². The normalized spacial score (nSPS) is 23.2. The minimum atomic E-state index is -3.08. The molecule has 3 rings (SSSR count). The Balaban J connectivity index is 2.01. The van der Waals surface area contributed by atoms with Crippen molar-refractivity contribution in [3.8, 4) is 0 Å². The van der Waals surface area contributed by atoms with Gasteiger partial charge in [-0.2, -0.15) is 0 Å². The van der Waals surface area contributed by atoms with Crippen LogP contribution in [0.4, 0.5) is 0 Å². The molecule has 0 aliphatic carbocycles. The summed E-state index contributed by atoms with van der Waals surface area (Å²) in [4.78, 5) is 0. The molecule has 1 saturated heterocycles. The molecule has 4 nitrogen and oxygen atoms in total. The molecule has 2 atom stereocenters. The highest BCUT2D eigenvalue weighted by Gasteiger charge is 2.37. The Morgan fingerprint density at radius 2 is 2.14 bits per heavy atom. The fourth-order valence-electron chi connectivity index (χ4n) is 3.05. The molecule has 114 valence electrons. The number of rotatable bonds is 3. The third-order valence-corrected chi connectivity index (χ3v) is 6.64. The van der Waals surface area contributed by atoms with Crippen molar-refractivity contribution >= 4 is 32.4 Å². The molecule has 21 heavy (non-hydrogen) atoms. The van der Waals surface area contributed by atoms with Crippen molar-refractivity contribution in [2.45, 2.75) is 30.6 Å². The van der Waals surface area contributed by atoms with E-state index in [0.717, 1.165) is 23.8 Å². The molecule has 6 heteroatoms. The zero-order valence-corrected chi connectivity index (χ0v) is 13.4. The van der Waals surface area contributed by atoms with Crippen LogP contribution in [0.3, 0.4) is 0 Å². The van der Waals surface area contributed by atoms with Gasteiger partial charge >= 0.3 is 0 Å². The maximum Gasteiger partial charge on any atom is 0.155 e. The topological polar surface area (TPSA) is 59.3 Å². The van der Waals surface area contributed by atoms with E-state index < -0.39 is 15.1 Å². The second kappa shape index (κ2) is 5.63. The van der Waals surface area contributed by atoms with E-state index >= 15 is 0 Å². The Labute approximate surface area is 129 Å². The monoisotopic (exact) mass is 327 g/mol. The van der Waals surface area contributed by atoms with E-state index in [0.29, 0.717) is 17.2 Å². The summed E-state index contributed by atoms with van der Waals surface area (Å²) in [7, 11) is -1.30. The highest BCUT2D eigenvalue weighted by atomic mass is 35.5. The van der Waals surface area contributed by atoms with Crippen LogP contribution in [0, 0.1) is 0 Å². The molecule has 0 bridgehead atoms. The Bertz CT molecular complexity index is 753. The molecule has 2 unspecified atom stereocenters. The standard InChI is InChI=1S/C15H18ClNO3S/c1-17-15(14-4-2-3-7-21(14,18)19)13-9-10-8-11(16)5-6-12(10)20-13/h5-6,8-9,14-15,17H,2-4,7H2,1H3. The van der Waals surface area contributed by atoms with Gasteiger partial charge in [-0.25, -0.2) is 8.42 Å². The number of benzene rings is 1. The first-order chi connectivity index (χ1) is 10.0. The fourth-order valence-corrected chi connectivity index (χ4v) is 5.35. The van der Waals surface area contributed by atoms with Gasteiger partial charge in [0.25, 0.3) is 0 Å². The first kappa shape index (κ1) is 14.9. The van der Waals surface area contributed by atoms with Crippen molar-refractivity contribution < 1.29 is 12.8 Å². The quantitative estimate of drug-likeness (QED) is 0.939. The summed E-state index contributed by atoms with van der Waals surface area (Å²) in [5.41, 5.74) is 0.725. The van der Waals surface area contributed by atoms with Crippen LogP contribution in [-0.2, 0) is 9.84 Å². The van der Waals surface area contributed by atoms with Crippen LogP contribution in [0.25, 0.3) is 11.0 Å². The predicted octanol–water partition coefficient (Wildman–Crippen LogP) is 3.31. The van der Waals surface area contributed by atoms with Crippen molar-refractivity contribution in [2.24, 2.45) is 0 Å². The maximum atomic E-state index is 12.3. The minimum Gasteiger partial charge on any atom is -0.459 e. The van der Waals surface area contributed by atoms with Gasteiger partial charge in [0.15, 0.2) is 9.84 Å². The lowest BCUT2D eigenvalue weighted by Crippen LogP contribution is -2.39. The average Bonchev–Trinajstić information content (AvgIpc) is 2.84. The van der Waals surface area contributed by atoms with Gasteiger partial charge < -0.3 is 9.73 Å². The largest absolute Gasteiger partial charge is 0.459 e. The van der Waals surface area contributed by atoms with Crippen LogP contribution in [0.2, 0.25) is 5.02 Å². The van der Waals surface area contributed by atoms with Crippen molar-refractivity contribution in [3.63, 3.8) is 0 Å². The van der Waals surface area contributed by atoms with Crippen molar-refractivity contribution in [2.75, 3.05) is 12.8 Å². The number of halogens is 1. The average molecular weight is 328 g/mol. The molecule has 0 saturated carbocycles. The minimum absolute atomic E-state index is 0.266. The van der Waals surface area contributed by atoms with Gasteiger partial charge in [-0.15, -0.1) is 0 Å². The van der Waals surface area contributed by atoms with E-state index in [9.17, 15) is 8.42 Å². The Hall–Kier alpha value is -1.04. The van der Waals surface area contributed by atoms with Crippen molar-refractivity contribution in [1.82, 2.24) is 5.32 Å². The number of hydrogen-bond donors (Lipinski definition) is 1. The zero-order valence-electron chi connectivity index (χ0n) is 11.8. The summed E-state index contributed by atoms with van der Waals surface area (Å²) in [5, 5.41) is 4.22. The highest BCUT2D eigenvalue weighted by Crippen LogP contribution is 2.34. The molecule has 1 fully saturated rings. The van der Waals surface area contributed by atoms with Gasteiger partial charge in [-0.1, -0.05) is 18.0 Å². The summed E-state index contributed by atoms with van der Waals surface area (Å²) >= 11 is 5.98. The SMILES string of the molecule is CNC(c1cc2cc(Cl)ccc2o1)C1CCCCS1(=O)=O. The molecular formula is C15H18ClNO3S. The molecular weight excluding hydrogens is 310 g/mol. The van der Waals surface area contributed by atoms with E-state index in [4.69, 9.17) is 16.0 Å². The van der Waals surface area contributed by atoms with E-state index in [1.807, 2.05) is 18.2 Å². The number of sulfone groups is 1. The number of furan rings is 1. The lowest BCUT2D eigenvalue weighted by molar-refractivity contribution is 0.406. The number of fused-ring (bicyclic) bond motifs is 1. The van der Waals surface area contributed by atoms with Gasteiger partial charge in [-0.3, -0.25) is 0 Å². The summed E-state index contributed by atoms with van der Waals surface area (Å²) in [6.45, 7) is 0. The second-order valence-electron chi connectivity index (χ2n) is 5.50. The smallest absolute Gasteiger partial charge is 0.155 e. The fraction of sp³-hybridized carbons (Fsp3) is 0.467. The third-order valence-electron chi connectivity index (χ3n) is 4.12. The molecule has 0 spiro atoms. The van der Waals surface area contributed by atoms with Gasteiger partial charge in [-0.05, 0) is 44.2 Å². The summed E-state index contributed by atoms with van der Waals surface area (Å²) < 4.78 is 30.5. The molecule has 2 heterocycles. The molecule has 1 aliphatic heterocycles. The van der Waals surface area contributed by atoms with Gasteiger partial charge in [0.05, 0.1) is 17.0 Å². The Morgan fingerprint density at radius 3 is 2.86 bits per heavy atom. The summed E-state index contributed by atoms with van der Waals surface area (Å²) in [6.07, 6.45) is 2.37. The molecule has 2 aromatic rings. The lowest BCUT2D eigenvalue weighted by atomic mass is 10.0. The highest BCUT2D eigenvalue weighted by molar-refractivity contribution is 7.92. The third kappa shape index (κ3) is 2.82. The predicted molar refractivity (Wildman–Crippen MR) is 84.5 cm³/mol. The van der Waals surface area contributed by atoms with E-state index in [-0.39, 0.29) is 11.8 Å². The van der Waals surface area contributed by atoms with Gasteiger partial charge in [0, 0.05) is 10.4 Å². The number of hydrogen-bond acceptors (Lipinski definition) is 4. The van der Waals surface area contributed by atoms with Crippen LogP contribution in [0.5, 0.6) is 0 Å². The molecule has 1 aliphatic rings. The molecule has 1 N–H and O–H groups in total. The summed E-state index contributed by atoms with van der Waals surface area (Å²) in [6, 6.07) is 6.96. The van der Waals surface area contributed by atoms with Crippen LogP contribution in [0.1, 0.15) is 31.1 Å². The summed E-state index contributed by atoms with van der Waals surface area (Å²) in [5.74, 6) is 0.923. The number of nitrogens with one attached hydrogen (secondary N) is 1. The Kier molecular flexibility index (Phi) is 3.99. The molecule has 0 radical (unpaired) electrons. The van der Waals surface area contributed by atoms with Gasteiger partial charge in [0.2, 0.25) is 0 Å². The first-order valence-corrected chi connectivity index (χ1v) is 9.18. The van der Waals surface area contributed by atoms with Crippen molar-refractivity contribution in [1.29, 1.82) is 0 Å². The molecule has 1 aromatic carbocycles. The van der Waals surface area contributed by atoms with Gasteiger partial charge in [0.1, 0.15) is 11.3 Å². The van der Waals surface area contributed by atoms with Crippen LogP contribution < -0.4 is 5.32 Å². The molecule has 0 amide bonds. The van der Waals surface area contributed by atoms with E-state index in [2.05, 4.69) is 5.32 Å². The lowest BCUT2D eigenvalue weighted by Gasteiger charge is -2.28. The maximum absolute atomic E-state index is 12.3. The van der Waals surface area contributed by atoms with E-state index in [1.165, 1.54) is 0 Å². The van der Waals surface area contributed by atoms with Crippen LogP contribution in [-0.4, -0.2) is 26.5 Å². The molecule has 1 aromatic heterocycles.